The molecule has 0 bridgehead atoms. The number of rotatable bonds is 0. The number of hydrogen-bond donors (Lipinski definition) is 1. The standard InChI is InChI=1S/C11H16O/c1-8-6-5-7-9(12)10(8)11(2,3)4/h5-7,10,12H,1H2,2-4H3. The van der Waals surface area contributed by atoms with Crippen molar-refractivity contribution in [3.05, 3.63) is 36.1 Å². The molecule has 1 N–H and O–H groups in total. The molecule has 0 aromatic rings. The molecule has 1 heteroatoms. The van der Waals surface area contributed by atoms with Gasteiger partial charge in [0.25, 0.3) is 0 Å². The number of aliphatic hydroxyl groups excluding tert-OH is 1. The van der Waals surface area contributed by atoms with Crippen LogP contribution in [0.25, 0.3) is 0 Å². The molecule has 0 heterocycles. The molecule has 1 nitrogen and oxygen atoms in total. The van der Waals surface area contributed by atoms with Crippen LogP contribution in [0.3, 0.4) is 0 Å². The van der Waals surface area contributed by atoms with Crippen LogP contribution in [-0.2, 0) is 0 Å². The van der Waals surface area contributed by atoms with Crippen molar-refractivity contribution in [3.8, 4) is 0 Å². The Kier molecular flexibility index (Phi) is 2.14. The van der Waals surface area contributed by atoms with Gasteiger partial charge < -0.3 is 5.11 Å². The summed E-state index contributed by atoms with van der Waals surface area (Å²) in [5.74, 6) is 0.498. The van der Waals surface area contributed by atoms with Crippen molar-refractivity contribution in [3.63, 3.8) is 0 Å². The van der Waals surface area contributed by atoms with Crippen LogP contribution in [-0.4, -0.2) is 5.11 Å². The molecule has 1 aliphatic rings. The second-order valence-electron chi connectivity index (χ2n) is 4.32. The summed E-state index contributed by atoms with van der Waals surface area (Å²) in [5.41, 5.74) is 1.03. The molecule has 0 saturated carbocycles. The van der Waals surface area contributed by atoms with Crippen molar-refractivity contribution in [2.24, 2.45) is 11.3 Å². The molecule has 0 radical (unpaired) electrons. The van der Waals surface area contributed by atoms with Crippen LogP contribution in [0.5, 0.6) is 0 Å². The molecular formula is C11H16O. The zero-order valence-corrected chi connectivity index (χ0v) is 7.96. The van der Waals surface area contributed by atoms with Gasteiger partial charge in [-0.2, -0.15) is 0 Å². The lowest BCUT2D eigenvalue weighted by Gasteiger charge is -2.32. The van der Waals surface area contributed by atoms with E-state index < -0.39 is 0 Å². The molecule has 0 aliphatic heterocycles. The molecule has 0 fully saturated rings. The number of allylic oxidation sites excluding steroid dienone is 4. The Morgan fingerprint density at radius 2 is 2.00 bits per heavy atom. The highest BCUT2D eigenvalue weighted by Gasteiger charge is 2.30. The molecule has 1 atom stereocenters. The molecule has 1 rings (SSSR count). The van der Waals surface area contributed by atoms with Gasteiger partial charge in [-0.25, -0.2) is 0 Å². The van der Waals surface area contributed by atoms with Crippen LogP contribution in [0.1, 0.15) is 20.8 Å². The maximum atomic E-state index is 9.62. The maximum absolute atomic E-state index is 9.62. The Morgan fingerprint density at radius 1 is 1.42 bits per heavy atom. The zero-order valence-electron chi connectivity index (χ0n) is 7.96. The van der Waals surface area contributed by atoms with E-state index >= 15 is 0 Å². The lowest BCUT2D eigenvalue weighted by atomic mass is 9.74. The fourth-order valence-electron chi connectivity index (χ4n) is 1.65. The minimum Gasteiger partial charge on any atom is -0.512 e. The van der Waals surface area contributed by atoms with E-state index in [2.05, 4.69) is 27.4 Å². The van der Waals surface area contributed by atoms with Gasteiger partial charge >= 0.3 is 0 Å². The highest BCUT2D eigenvalue weighted by atomic mass is 16.3. The first-order valence-electron chi connectivity index (χ1n) is 4.19. The lowest BCUT2D eigenvalue weighted by molar-refractivity contribution is 0.233. The highest BCUT2D eigenvalue weighted by molar-refractivity contribution is 5.34. The van der Waals surface area contributed by atoms with Crippen molar-refractivity contribution >= 4 is 0 Å². The van der Waals surface area contributed by atoms with Crippen molar-refractivity contribution in [2.75, 3.05) is 0 Å². The summed E-state index contributed by atoms with van der Waals surface area (Å²) in [6.07, 6.45) is 5.53. The summed E-state index contributed by atoms with van der Waals surface area (Å²) >= 11 is 0. The second-order valence-corrected chi connectivity index (χ2v) is 4.32. The van der Waals surface area contributed by atoms with E-state index in [0.717, 1.165) is 5.57 Å². The third-order valence-electron chi connectivity index (χ3n) is 2.11. The van der Waals surface area contributed by atoms with Gasteiger partial charge in [-0.05, 0) is 17.1 Å². The van der Waals surface area contributed by atoms with Gasteiger partial charge in [0.15, 0.2) is 0 Å². The Labute approximate surface area is 74.1 Å². The highest BCUT2D eigenvalue weighted by Crippen LogP contribution is 2.38. The van der Waals surface area contributed by atoms with Crippen LogP contribution < -0.4 is 0 Å². The van der Waals surface area contributed by atoms with Crippen molar-refractivity contribution in [2.45, 2.75) is 20.8 Å². The van der Waals surface area contributed by atoms with Crippen molar-refractivity contribution in [1.82, 2.24) is 0 Å². The SMILES string of the molecule is C=C1C=CC=C(O)C1C(C)(C)C. The van der Waals surface area contributed by atoms with Gasteiger partial charge in [-0.15, -0.1) is 0 Å². The fraction of sp³-hybridized carbons (Fsp3) is 0.455. The van der Waals surface area contributed by atoms with E-state index in [-0.39, 0.29) is 11.3 Å². The molecule has 12 heavy (non-hydrogen) atoms. The van der Waals surface area contributed by atoms with Gasteiger partial charge in [0.05, 0.1) is 0 Å². The van der Waals surface area contributed by atoms with Gasteiger partial charge in [0, 0.05) is 5.92 Å². The van der Waals surface area contributed by atoms with Crippen LogP contribution >= 0.6 is 0 Å². The van der Waals surface area contributed by atoms with E-state index in [1.165, 1.54) is 0 Å². The van der Waals surface area contributed by atoms with E-state index in [9.17, 15) is 5.11 Å². The summed E-state index contributed by atoms with van der Waals surface area (Å²) < 4.78 is 0. The quantitative estimate of drug-likeness (QED) is 0.583. The first-order valence-corrected chi connectivity index (χ1v) is 4.19. The van der Waals surface area contributed by atoms with Gasteiger partial charge in [0.1, 0.15) is 5.76 Å². The van der Waals surface area contributed by atoms with Crippen molar-refractivity contribution in [1.29, 1.82) is 0 Å². The smallest absolute Gasteiger partial charge is 0.100 e. The third-order valence-corrected chi connectivity index (χ3v) is 2.11. The molecule has 0 aromatic heterocycles. The summed E-state index contributed by atoms with van der Waals surface area (Å²) in [4.78, 5) is 0. The molecule has 0 aromatic carbocycles. The largest absolute Gasteiger partial charge is 0.512 e. The van der Waals surface area contributed by atoms with Gasteiger partial charge in [-0.3, -0.25) is 0 Å². The lowest BCUT2D eigenvalue weighted by Crippen LogP contribution is -2.24. The Balaban J connectivity index is 2.98. The van der Waals surface area contributed by atoms with Crippen LogP contribution in [0.4, 0.5) is 0 Å². The van der Waals surface area contributed by atoms with Gasteiger partial charge in [-0.1, -0.05) is 39.5 Å². The van der Waals surface area contributed by atoms with E-state index in [1.807, 2.05) is 12.2 Å². The zero-order chi connectivity index (χ0) is 9.35. The Hall–Kier alpha value is -0.980. The minimum absolute atomic E-state index is 0.0441. The normalized spacial score (nSPS) is 24.1. The van der Waals surface area contributed by atoms with E-state index in [1.54, 1.807) is 6.08 Å². The van der Waals surface area contributed by atoms with Crippen LogP contribution in [0.15, 0.2) is 36.1 Å². The van der Waals surface area contributed by atoms with Crippen molar-refractivity contribution < 1.29 is 5.11 Å². The molecular weight excluding hydrogens is 148 g/mol. The third kappa shape index (κ3) is 1.60. The predicted octanol–water partition coefficient (Wildman–Crippen LogP) is 3.22. The summed E-state index contributed by atoms with van der Waals surface area (Å²) in [6.45, 7) is 10.2. The summed E-state index contributed by atoms with van der Waals surface area (Å²) in [6, 6.07) is 0. The average molecular weight is 164 g/mol. The van der Waals surface area contributed by atoms with E-state index in [0.29, 0.717) is 5.76 Å². The first-order chi connectivity index (χ1) is 5.43. The average Bonchev–Trinajstić information content (AvgIpc) is 1.82. The van der Waals surface area contributed by atoms with E-state index in [4.69, 9.17) is 0 Å². The monoisotopic (exact) mass is 164 g/mol. The number of hydrogen-bond acceptors (Lipinski definition) is 1. The second kappa shape index (κ2) is 2.81. The first kappa shape index (κ1) is 9.11. The summed E-state index contributed by atoms with van der Waals surface area (Å²) in [7, 11) is 0. The molecule has 0 saturated heterocycles. The molecule has 0 amide bonds. The van der Waals surface area contributed by atoms with Crippen LogP contribution in [0, 0.1) is 11.3 Å². The topological polar surface area (TPSA) is 20.2 Å². The fourth-order valence-corrected chi connectivity index (χ4v) is 1.65. The van der Waals surface area contributed by atoms with Gasteiger partial charge in [0.2, 0.25) is 0 Å². The maximum Gasteiger partial charge on any atom is 0.100 e. The Bertz CT molecular complexity index is 251. The molecule has 0 spiro atoms. The number of aliphatic hydroxyl groups is 1. The summed E-state index contributed by atoms with van der Waals surface area (Å²) in [5, 5.41) is 9.62. The molecule has 1 unspecified atom stereocenters. The Morgan fingerprint density at radius 3 is 2.33 bits per heavy atom. The molecule has 1 aliphatic carbocycles. The van der Waals surface area contributed by atoms with Crippen LogP contribution in [0.2, 0.25) is 0 Å². The molecule has 66 valence electrons. The predicted molar refractivity (Wildman–Crippen MR) is 51.9 cm³/mol. The minimum atomic E-state index is 0.0441.